The third-order valence-electron chi connectivity index (χ3n) is 2.90. The van der Waals surface area contributed by atoms with Gasteiger partial charge in [0.25, 0.3) is 0 Å². The lowest BCUT2D eigenvalue weighted by atomic mass is 9.89. The van der Waals surface area contributed by atoms with Crippen LogP contribution in [0.3, 0.4) is 0 Å². The van der Waals surface area contributed by atoms with E-state index in [1.54, 1.807) is 11.3 Å². The van der Waals surface area contributed by atoms with Gasteiger partial charge in [-0.3, -0.25) is 0 Å². The quantitative estimate of drug-likeness (QED) is 0.903. The highest BCUT2D eigenvalue weighted by atomic mass is 32.1. The van der Waals surface area contributed by atoms with Gasteiger partial charge >= 0.3 is 0 Å². The molecule has 1 aromatic heterocycles. The van der Waals surface area contributed by atoms with Crippen LogP contribution in [0.1, 0.15) is 28.8 Å². The Morgan fingerprint density at radius 2 is 1.88 bits per heavy atom. The number of hydrogen-bond donors (Lipinski definition) is 1. The van der Waals surface area contributed by atoms with E-state index in [0.717, 1.165) is 22.7 Å². The molecular weight excluding hydrogens is 228 g/mol. The van der Waals surface area contributed by atoms with Gasteiger partial charge in [-0.15, -0.1) is 11.3 Å². The Bertz CT molecular complexity index is 497. The molecule has 0 aliphatic heterocycles. The average molecular weight is 246 g/mol. The summed E-state index contributed by atoms with van der Waals surface area (Å²) in [6, 6.07) is 8.42. The van der Waals surface area contributed by atoms with E-state index in [9.17, 15) is 0 Å². The highest BCUT2D eigenvalue weighted by molar-refractivity contribution is 7.09. The van der Waals surface area contributed by atoms with Crippen LogP contribution in [0.5, 0.6) is 0 Å². The van der Waals surface area contributed by atoms with Crippen LogP contribution < -0.4 is 5.73 Å². The number of nitrogens with two attached hydrogens (primary N) is 1. The van der Waals surface area contributed by atoms with Crippen molar-refractivity contribution in [3.05, 3.63) is 51.5 Å². The summed E-state index contributed by atoms with van der Waals surface area (Å²) in [7, 11) is 0. The molecule has 0 spiro atoms. The fourth-order valence-electron chi connectivity index (χ4n) is 1.83. The highest BCUT2D eigenvalue weighted by Crippen LogP contribution is 2.24. The van der Waals surface area contributed by atoms with E-state index < -0.39 is 0 Å². The monoisotopic (exact) mass is 246 g/mol. The third kappa shape index (κ3) is 2.93. The molecule has 0 amide bonds. The van der Waals surface area contributed by atoms with Gasteiger partial charge in [-0.05, 0) is 26.3 Å². The van der Waals surface area contributed by atoms with Gasteiger partial charge in [0.2, 0.25) is 0 Å². The van der Waals surface area contributed by atoms with Crippen molar-refractivity contribution in [1.29, 1.82) is 0 Å². The molecule has 0 radical (unpaired) electrons. The first-order valence-electron chi connectivity index (χ1n) is 5.74. The zero-order valence-corrected chi connectivity index (χ0v) is 11.3. The Labute approximate surface area is 107 Å². The lowest BCUT2D eigenvalue weighted by molar-refractivity contribution is 0.490. The minimum atomic E-state index is -0.349. The lowest BCUT2D eigenvalue weighted by Crippen LogP contribution is -2.35. The molecule has 1 heterocycles. The summed E-state index contributed by atoms with van der Waals surface area (Å²) >= 11 is 1.68. The maximum absolute atomic E-state index is 6.40. The summed E-state index contributed by atoms with van der Waals surface area (Å²) in [5, 5.41) is 3.17. The zero-order chi connectivity index (χ0) is 12.5. The average Bonchev–Trinajstić information content (AvgIpc) is 2.63. The molecule has 3 heteroatoms. The second kappa shape index (κ2) is 4.59. The van der Waals surface area contributed by atoms with Gasteiger partial charge in [0.1, 0.15) is 0 Å². The minimum absolute atomic E-state index is 0.349. The molecule has 0 aliphatic rings. The van der Waals surface area contributed by atoms with E-state index in [0.29, 0.717) is 0 Å². The van der Waals surface area contributed by atoms with E-state index in [1.807, 2.05) is 6.92 Å². The Kier molecular flexibility index (Phi) is 3.31. The third-order valence-corrected chi connectivity index (χ3v) is 3.86. The lowest BCUT2D eigenvalue weighted by Gasteiger charge is -2.24. The summed E-state index contributed by atoms with van der Waals surface area (Å²) in [6.45, 7) is 6.16. The van der Waals surface area contributed by atoms with Crippen LogP contribution in [0.15, 0.2) is 29.6 Å². The molecule has 2 rings (SSSR count). The number of aromatic nitrogens is 1. The molecule has 1 aromatic carbocycles. The molecule has 2 nitrogen and oxygen atoms in total. The van der Waals surface area contributed by atoms with Gasteiger partial charge in [-0.2, -0.15) is 0 Å². The maximum Gasteiger partial charge on any atom is 0.0949 e. The van der Waals surface area contributed by atoms with Crippen LogP contribution in [-0.4, -0.2) is 4.98 Å². The molecule has 0 aliphatic carbocycles. The van der Waals surface area contributed by atoms with Crippen LogP contribution in [0.2, 0.25) is 0 Å². The van der Waals surface area contributed by atoms with Crippen LogP contribution in [-0.2, 0) is 12.0 Å². The van der Waals surface area contributed by atoms with E-state index in [4.69, 9.17) is 5.73 Å². The predicted molar refractivity (Wildman–Crippen MR) is 73.3 cm³/mol. The van der Waals surface area contributed by atoms with Crippen LogP contribution in [0.25, 0.3) is 0 Å². The van der Waals surface area contributed by atoms with Gasteiger partial charge in [0, 0.05) is 23.0 Å². The highest BCUT2D eigenvalue weighted by Gasteiger charge is 2.22. The van der Waals surface area contributed by atoms with E-state index >= 15 is 0 Å². The Morgan fingerprint density at radius 1 is 1.24 bits per heavy atom. The van der Waals surface area contributed by atoms with Gasteiger partial charge in [-0.1, -0.05) is 29.8 Å². The van der Waals surface area contributed by atoms with Crippen LogP contribution in [0.4, 0.5) is 0 Å². The number of nitrogens with zero attached hydrogens (tertiary/aromatic N) is 1. The maximum atomic E-state index is 6.40. The van der Waals surface area contributed by atoms with Crippen molar-refractivity contribution in [3.63, 3.8) is 0 Å². The molecule has 0 fully saturated rings. The van der Waals surface area contributed by atoms with Gasteiger partial charge in [0.05, 0.1) is 5.01 Å². The summed E-state index contributed by atoms with van der Waals surface area (Å²) < 4.78 is 0. The summed E-state index contributed by atoms with van der Waals surface area (Å²) in [5.74, 6) is 0. The second-order valence-corrected chi connectivity index (χ2v) is 5.79. The SMILES string of the molecule is Cc1ccc(C(C)(N)Cc2nc(C)cs2)cc1. The first kappa shape index (κ1) is 12.3. The minimum Gasteiger partial charge on any atom is -0.321 e. The summed E-state index contributed by atoms with van der Waals surface area (Å²) in [6.07, 6.45) is 0.786. The predicted octanol–water partition coefficient (Wildman–Crippen LogP) is 3.18. The molecule has 0 bridgehead atoms. The Morgan fingerprint density at radius 3 is 2.41 bits per heavy atom. The molecular formula is C14H18N2S. The van der Waals surface area contributed by atoms with Crippen molar-refractivity contribution in [3.8, 4) is 0 Å². The topological polar surface area (TPSA) is 38.9 Å². The molecule has 2 aromatic rings. The molecule has 0 saturated carbocycles. The second-order valence-electron chi connectivity index (χ2n) is 4.84. The molecule has 1 unspecified atom stereocenters. The summed E-state index contributed by atoms with van der Waals surface area (Å²) in [5.41, 5.74) is 9.54. The number of hydrogen-bond acceptors (Lipinski definition) is 3. The first-order chi connectivity index (χ1) is 7.97. The Hall–Kier alpha value is -1.19. The van der Waals surface area contributed by atoms with Gasteiger partial charge in [-0.25, -0.2) is 4.98 Å². The van der Waals surface area contributed by atoms with E-state index in [2.05, 4.69) is 48.5 Å². The van der Waals surface area contributed by atoms with Gasteiger partial charge < -0.3 is 5.73 Å². The number of rotatable bonds is 3. The molecule has 17 heavy (non-hydrogen) atoms. The smallest absolute Gasteiger partial charge is 0.0949 e. The number of aryl methyl sites for hydroxylation is 2. The molecule has 90 valence electrons. The fraction of sp³-hybridized carbons (Fsp3) is 0.357. The largest absolute Gasteiger partial charge is 0.321 e. The van der Waals surface area contributed by atoms with Crippen molar-refractivity contribution in [2.75, 3.05) is 0 Å². The standard InChI is InChI=1S/C14H18N2S/c1-10-4-6-12(7-5-10)14(3,15)8-13-16-11(2)9-17-13/h4-7,9H,8,15H2,1-3H3. The number of benzene rings is 1. The van der Waals surface area contributed by atoms with Crippen molar-refractivity contribution < 1.29 is 0 Å². The fourth-order valence-corrected chi connectivity index (χ4v) is 2.77. The zero-order valence-electron chi connectivity index (χ0n) is 10.5. The van der Waals surface area contributed by atoms with Crippen molar-refractivity contribution in [1.82, 2.24) is 4.98 Å². The molecule has 2 N–H and O–H groups in total. The normalized spacial score (nSPS) is 14.6. The van der Waals surface area contributed by atoms with Crippen LogP contribution >= 0.6 is 11.3 Å². The number of thiazole rings is 1. The molecule has 0 saturated heterocycles. The summed E-state index contributed by atoms with van der Waals surface area (Å²) in [4.78, 5) is 4.48. The van der Waals surface area contributed by atoms with Crippen molar-refractivity contribution in [2.45, 2.75) is 32.7 Å². The van der Waals surface area contributed by atoms with Gasteiger partial charge in [0.15, 0.2) is 0 Å². The van der Waals surface area contributed by atoms with Crippen molar-refractivity contribution in [2.24, 2.45) is 5.73 Å². The van der Waals surface area contributed by atoms with Crippen LogP contribution in [0, 0.1) is 13.8 Å². The Balaban J connectivity index is 2.21. The molecule has 1 atom stereocenters. The van der Waals surface area contributed by atoms with Crippen molar-refractivity contribution >= 4 is 11.3 Å². The van der Waals surface area contributed by atoms with E-state index in [1.165, 1.54) is 5.56 Å². The van der Waals surface area contributed by atoms with E-state index in [-0.39, 0.29) is 5.54 Å². The first-order valence-corrected chi connectivity index (χ1v) is 6.62.